The molecular weight excluding hydrogens is 500 g/mol. The number of aromatic nitrogens is 6. The molecule has 13 heteroatoms. The highest BCUT2D eigenvalue weighted by Gasteiger charge is 2.34. The molecule has 0 aliphatic heterocycles. The van der Waals surface area contributed by atoms with Crippen LogP contribution in [0, 0.1) is 0 Å². The number of imidazole rings is 1. The lowest BCUT2D eigenvalue weighted by Gasteiger charge is -2.14. The lowest BCUT2D eigenvalue weighted by molar-refractivity contribution is -0.138. The highest BCUT2D eigenvalue weighted by molar-refractivity contribution is 5.89. The first-order valence-electron chi connectivity index (χ1n) is 10.7. The Balaban J connectivity index is 1.60. The summed E-state index contributed by atoms with van der Waals surface area (Å²) in [6.45, 7) is 0.180. The lowest BCUT2D eigenvalue weighted by Crippen LogP contribution is -2.09. The van der Waals surface area contributed by atoms with Crippen molar-refractivity contribution in [3.05, 3.63) is 90.5 Å². The molecule has 0 atom stereocenters. The maximum absolute atomic E-state index is 13.6. The number of hydrogen-bond donors (Lipinski definition) is 1. The molecule has 0 saturated carbocycles. The van der Waals surface area contributed by atoms with Gasteiger partial charge >= 0.3 is 12.4 Å². The van der Waals surface area contributed by atoms with Gasteiger partial charge in [0, 0.05) is 36.0 Å². The van der Waals surface area contributed by atoms with Gasteiger partial charge in [-0.05, 0) is 42.5 Å². The van der Waals surface area contributed by atoms with Crippen molar-refractivity contribution in [1.29, 1.82) is 0 Å². The van der Waals surface area contributed by atoms with Gasteiger partial charge in [0.15, 0.2) is 11.6 Å². The Morgan fingerprint density at radius 2 is 1.65 bits per heavy atom. The highest BCUT2D eigenvalue weighted by atomic mass is 19.4. The van der Waals surface area contributed by atoms with Crippen LogP contribution in [0.2, 0.25) is 0 Å². The predicted molar refractivity (Wildman–Crippen MR) is 122 cm³/mol. The molecule has 4 aromatic heterocycles. The van der Waals surface area contributed by atoms with Crippen LogP contribution in [0.25, 0.3) is 22.3 Å². The molecule has 0 aliphatic rings. The molecule has 1 N–H and O–H groups in total. The average Bonchev–Trinajstić information content (AvgIpc) is 3.36. The summed E-state index contributed by atoms with van der Waals surface area (Å²) in [6.07, 6.45) is -1.89. The normalized spacial score (nSPS) is 12.2. The van der Waals surface area contributed by atoms with Crippen molar-refractivity contribution < 1.29 is 26.3 Å². The van der Waals surface area contributed by atoms with Crippen molar-refractivity contribution in [1.82, 2.24) is 29.5 Å². The first kappa shape index (κ1) is 24.2. The molecule has 0 saturated heterocycles. The Hall–Kier alpha value is -4.55. The van der Waals surface area contributed by atoms with Crippen LogP contribution in [0.1, 0.15) is 17.0 Å². The van der Waals surface area contributed by atoms with Gasteiger partial charge in [-0.2, -0.15) is 26.3 Å². The summed E-state index contributed by atoms with van der Waals surface area (Å²) in [5.41, 5.74) is -1.23. The Labute approximate surface area is 204 Å². The Morgan fingerprint density at radius 1 is 0.865 bits per heavy atom. The summed E-state index contributed by atoms with van der Waals surface area (Å²) < 4.78 is 81.2. The minimum absolute atomic E-state index is 0.0909. The predicted octanol–water partition coefficient (Wildman–Crippen LogP) is 6.11. The molecule has 188 valence electrons. The molecule has 7 nitrogen and oxygen atoms in total. The van der Waals surface area contributed by atoms with E-state index in [2.05, 4.69) is 30.2 Å². The van der Waals surface area contributed by atoms with Crippen LogP contribution < -0.4 is 5.32 Å². The summed E-state index contributed by atoms with van der Waals surface area (Å²) in [4.78, 5) is 21.0. The van der Waals surface area contributed by atoms with Gasteiger partial charge in [0.2, 0.25) is 0 Å². The fourth-order valence-electron chi connectivity index (χ4n) is 3.64. The Kier molecular flexibility index (Phi) is 5.97. The van der Waals surface area contributed by atoms with Gasteiger partial charge < -0.3 is 9.88 Å². The van der Waals surface area contributed by atoms with E-state index in [1.165, 1.54) is 43.0 Å². The molecular formula is C24H15F6N7. The third-order valence-electron chi connectivity index (χ3n) is 5.33. The zero-order valence-electron chi connectivity index (χ0n) is 18.6. The largest absolute Gasteiger partial charge is 0.418 e. The second-order valence-electron chi connectivity index (χ2n) is 7.91. The van der Waals surface area contributed by atoms with Gasteiger partial charge in [-0.3, -0.25) is 4.98 Å². The minimum Gasteiger partial charge on any atom is -0.338 e. The van der Waals surface area contributed by atoms with E-state index >= 15 is 0 Å². The Morgan fingerprint density at radius 3 is 2.32 bits per heavy atom. The van der Waals surface area contributed by atoms with E-state index in [0.717, 1.165) is 18.2 Å². The van der Waals surface area contributed by atoms with E-state index in [0.29, 0.717) is 5.69 Å². The molecule has 0 bridgehead atoms. The van der Waals surface area contributed by atoms with E-state index < -0.39 is 23.5 Å². The van der Waals surface area contributed by atoms with Crippen molar-refractivity contribution in [2.75, 3.05) is 5.32 Å². The van der Waals surface area contributed by atoms with Gasteiger partial charge in [-0.25, -0.2) is 19.9 Å². The number of nitrogens with one attached hydrogen (secondary N) is 1. The number of anilines is 2. The van der Waals surface area contributed by atoms with Crippen molar-refractivity contribution in [2.24, 2.45) is 0 Å². The van der Waals surface area contributed by atoms with Crippen LogP contribution in [-0.2, 0) is 18.9 Å². The summed E-state index contributed by atoms with van der Waals surface area (Å²) in [5, 5.41) is 2.94. The molecule has 0 fully saturated rings. The number of nitrogens with zero attached hydrogens (tertiary/aromatic N) is 6. The lowest BCUT2D eigenvalue weighted by atomic mass is 10.1. The molecule has 5 aromatic rings. The quantitative estimate of drug-likeness (QED) is 0.285. The molecule has 0 spiro atoms. The van der Waals surface area contributed by atoms with E-state index in [9.17, 15) is 26.3 Å². The summed E-state index contributed by atoms with van der Waals surface area (Å²) in [6, 6.07) is 7.85. The average molecular weight is 515 g/mol. The van der Waals surface area contributed by atoms with Crippen molar-refractivity contribution in [3.63, 3.8) is 0 Å². The maximum atomic E-state index is 13.6. The zero-order valence-corrected chi connectivity index (χ0v) is 18.6. The topological polar surface area (TPSA) is 81.4 Å². The molecule has 4 heterocycles. The van der Waals surface area contributed by atoms with E-state index in [-0.39, 0.29) is 40.5 Å². The van der Waals surface area contributed by atoms with Gasteiger partial charge in [0.25, 0.3) is 0 Å². The van der Waals surface area contributed by atoms with Crippen molar-refractivity contribution in [2.45, 2.75) is 18.9 Å². The molecule has 37 heavy (non-hydrogen) atoms. The number of halogens is 6. The Bertz CT molecular complexity index is 1550. The van der Waals surface area contributed by atoms with Gasteiger partial charge in [-0.1, -0.05) is 0 Å². The van der Waals surface area contributed by atoms with Crippen molar-refractivity contribution in [3.8, 4) is 11.3 Å². The molecule has 0 radical (unpaired) electrons. The monoisotopic (exact) mass is 515 g/mol. The van der Waals surface area contributed by atoms with Gasteiger partial charge in [0.1, 0.15) is 5.52 Å². The smallest absolute Gasteiger partial charge is 0.338 e. The van der Waals surface area contributed by atoms with E-state index in [1.54, 1.807) is 17.0 Å². The van der Waals surface area contributed by atoms with Crippen LogP contribution in [0.3, 0.4) is 0 Å². The molecule has 0 aliphatic carbocycles. The van der Waals surface area contributed by atoms with Crippen molar-refractivity contribution >= 4 is 22.5 Å². The van der Waals surface area contributed by atoms with Gasteiger partial charge in [0.05, 0.1) is 35.2 Å². The first-order valence-corrected chi connectivity index (χ1v) is 10.7. The highest BCUT2D eigenvalue weighted by Crippen LogP contribution is 2.36. The zero-order chi connectivity index (χ0) is 26.2. The molecule has 0 unspecified atom stereocenters. The number of pyridine rings is 2. The standard InChI is InChI=1S/C24H15F6N7/c25-23(26,27)15-3-5-16(6-4-15)34-22-21-18(35-19(36-22)12-37-9-8-31-13-37)10-14(11-33-21)20-17(24(28,29)30)2-1-7-32-20/h1-11,13H,12H2,(H,34,35,36). The first-order chi connectivity index (χ1) is 17.6. The summed E-state index contributed by atoms with van der Waals surface area (Å²) >= 11 is 0. The van der Waals surface area contributed by atoms with Crippen LogP contribution in [0.5, 0.6) is 0 Å². The minimum atomic E-state index is -4.63. The number of rotatable bonds is 5. The molecule has 5 rings (SSSR count). The number of benzene rings is 1. The van der Waals surface area contributed by atoms with Gasteiger partial charge in [-0.15, -0.1) is 0 Å². The van der Waals surface area contributed by atoms with Crippen LogP contribution in [-0.4, -0.2) is 29.5 Å². The molecule has 0 amide bonds. The molecule has 1 aromatic carbocycles. The summed E-state index contributed by atoms with van der Waals surface area (Å²) in [7, 11) is 0. The second kappa shape index (κ2) is 9.15. The van der Waals surface area contributed by atoms with E-state index in [4.69, 9.17) is 0 Å². The number of fused-ring (bicyclic) bond motifs is 1. The summed E-state index contributed by atoms with van der Waals surface area (Å²) in [5.74, 6) is 0.444. The number of alkyl halides is 6. The van der Waals surface area contributed by atoms with Crippen LogP contribution in [0.4, 0.5) is 37.8 Å². The third-order valence-corrected chi connectivity index (χ3v) is 5.33. The third kappa shape index (κ3) is 5.20. The second-order valence-corrected chi connectivity index (χ2v) is 7.91. The van der Waals surface area contributed by atoms with E-state index in [1.807, 2.05) is 0 Å². The van der Waals surface area contributed by atoms with Crippen LogP contribution in [0.15, 0.2) is 73.6 Å². The van der Waals surface area contributed by atoms with Crippen LogP contribution >= 0.6 is 0 Å². The fourth-order valence-corrected chi connectivity index (χ4v) is 3.64. The maximum Gasteiger partial charge on any atom is 0.418 e. The SMILES string of the molecule is FC(F)(F)c1ccc(Nc2nc(Cn3ccnc3)nc3cc(-c4ncccc4C(F)(F)F)cnc23)cc1. The number of hydrogen-bond acceptors (Lipinski definition) is 6. The fraction of sp³-hybridized carbons (Fsp3) is 0.125.